The highest BCUT2D eigenvalue weighted by molar-refractivity contribution is 8.18. The van der Waals surface area contributed by atoms with Crippen LogP contribution >= 0.6 is 35.0 Å². The molecular weight excluding hydrogens is 495 g/mol. The van der Waals surface area contributed by atoms with Crippen molar-refractivity contribution >= 4 is 63.8 Å². The predicted octanol–water partition coefficient (Wildman–Crippen LogP) is 6.25. The quantitative estimate of drug-likeness (QED) is 0.312. The van der Waals surface area contributed by atoms with Crippen molar-refractivity contribution in [3.63, 3.8) is 0 Å². The zero-order valence-corrected chi connectivity index (χ0v) is 20.2. The summed E-state index contributed by atoms with van der Waals surface area (Å²) < 4.78 is 10.7. The number of amidine groups is 1. The Bertz CT molecular complexity index is 1310. The van der Waals surface area contributed by atoms with Gasteiger partial charge in [0.25, 0.3) is 5.91 Å². The fourth-order valence-corrected chi connectivity index (χ4v) is 4.31. The normalized spacial score (nSPS) is 15.4. The molecule has 0 aromatic heterocycles. The minimum Gasteiger partial charge on any atom is -0.488 e. The van der Waals surface area contributed by atoms with Gasteiger partial charge in [0.2, 0.25) is 0 Å². The molecule has 1 aliphatic rings. The van der Waals surface area contributed by atoms with E-state index >= 15 is 0 Å². The van der Waals surface area contributed by atoms with E-state index in [1.165, 1.54) is 18.9 Å². The zero-order valence-electron chi connectivity index (χ0n) is 17.9. The smallest absolute Gasteiger partial charge is 0.337 e. The number of benzene rings is 3. The van der Waals surface area contributed by atoms with Crippen LogP contribution in [-0.2, 0) is 16.1 Å². The van der Waals surface area contributed by atoms with Crippen LogP contribution in [0.2, 0.25) is 10.0 Å². The fourth-order valence-electron chi connectivity index (χ4n) is 3.08. The van der Waals surface area contributed by atoms with E-state index in [-0.39, 0.29) is 5.91 Å². The van der Waals surface area contributed by atoms with Gasteiger partial charge in [-0.1, -0.05) is 35.3 Å². The number of thioether (sulfide) groups is 1. The lowest BCUT2D eigenvalue weighted by Crippen LogP contribution is -2.19. The van der Waals surface area contributed by atoms with Gasteiger partial charge < -0.3 is 14.8 Å². The van der Waals surface area contributed by atoms with Crippen LogP contribution in [0.1, 0.15) is 21.5 Å². The summed E-state index contributed by atoms with van der Waals surface area (Å²) in [6.45, 7) is 0.311. The maximum Gasteiger partial charge on any atom is 0.337 e. The first-order chi connectivity index (χ1) is 16.4. The second-order valence-corrected chi connectivity index (χ2v) is 9.02. The van der Waals surface area contributed by atoms with Crippen LogP contribution in [-0.4, -0.2) is 24.2 Å². The van der Waals surface area contributed by atoms with Crippen LogP contribution in [0.3, 0.4) is 0 Å². The molecule has 34 heavy (non-hydrogen) atoms. The van der Waals surface area contributed by atoms with Gasteiger partial charge >= 0.3 is 5.97 Å². The first-order valence-electron chi connectivity index (χ1n) is 10.1. The molecule has 0 aliphatic carbocycles. The monoisotopic (exact) mass is 512 g/mol. The van der Waals surface area contributed by atoms with Crippen molar-refractivity contribution in [3.8, 4) is 5.75 Å². The van der Waals surface area contributed by atoms with Gasteiger partial charge in [0.05, 0.1) is 23.3 Å². The Morgan fingerprint density at radius 1 is 1.06 bits per heavy atom. The van der Waals surface area contributed by atoms with Crippen molar-refractivity contribution in [2.75, 3.05) is 7.11 Å². The van der Waals surface area contributed by atoms with E-state index in [1.54, 1.807) is 54.6 Å². The van der Waals surface area contributed by atoms with Crippen molar-refractivity contribution in [1.29, 1.82) is 0 Å². The summed E-state index contributed by atoms with van der Waals surface area (Å²) in [6, 6.07) is 19.2. The third-order valence-electron chi connectivity index (χ3n) is 4.71. The number of ether oxygens (including phenoxy) is 2. The number of hydrogen-bond acceptors (Lipinski definition) is 6. The number of hydrogen-bond donors (Lipinski definition) is 1. The van der Waals surface area contributed by atoms with Crippen molar-refractivity contribution in [2.24, 2.45) is 4.99 Å². The molecular formula is C25H18Cl2N2O4S. The Morgan fingerprint density at radius 3 is 2.56 bits per heavy atom. The minimum atomic E-state index is -0.428. The second-order valence-electron chi connectivity index (χ2n) is 7.12. The van der Waals surface area contributed by atoms with Gasteiger partial charge in [-0.3, -0.25) is 4.79 Å². The van der Waals surface area contributed by atoms with E-state index in [4.69, 9.17) is 32.7 Å². The molecule has 3 aromatic rings. The van der Waals surface area contributed by atoms with Crippen LogP contribution in [0.5, 0.6) is 5.75 Å². The van der Waals surface area contributed by atoms with E-state index in [9.17, 15) is 9.59 Å². The van der Waals surface area contributed by atoms with Gasteiger partial charge in [-0.2, -0.15) is 0 Å². The van der Waals surface area contributed by atoms with Crippen LogP contribution in [0.25, 0.3) is 6.08 Å². The molecule has 4 rings (SSSR count). The summed E-state index contributed by atoms with van der Waals surface area (Å²) in [5.74, 6) is -0.132. The lowest BCUT2D eigenvalue weighted by Gasteiger charge is -2.10. The van der Waals surface area contributed by atoms with Crippen molar-refractivity contribution in [3.05, 3.63) is 98.4 Å². The van der Waals surface area contributed by atoms with Gasteiger partial charge in [-0.15, -0.1) is 0 Å². The summed E-state index contributed by atoms with van der Waals surface area (Å²) >= 11 is 13.4. The van der Waals surface area contributed by atoms with Crippen molar-refractivity contribution in [1.82, 2.24) is 5.32 Å². The Morgan fingerprint density at radius 2 is 1.82 bits per heavy atom. The number of aliphatic imine (C=N–C) groups is 1. The van der Waals surface area contributed by atoms with E-state index in [2.05, 4.69) is 10.3 Å². The van der Waals surface area contributed by atoms with E-state index in [0.717, 1.165) is 5.56 Å². The molecule has 1 amide bonds. The molecule has 1 aliphatic heterocycles. The minimum absolute atomic E-state index is 0.282. The Hall–Kier alpha value is -3.26. The lowest BCUT2D eigenvalue weighted by atomic mass is 10.1. The van der Waals surface area contributed by atoms with Crippen LogP contribution in [0, 0.1) is 0 Å². The van der Waals surface area contributed by atoms with E-state index < -0.39 is 5.97 Å². The Labute approximate surface area is 210 Å². The van der Waals surface area contributed by atoms with Crippen molar-refractivity contribution < 1.29 is 19.1 Å². The maximum atomic E-state index is 12.5. The molecule has 1 heterocycles. The van der Waals surface area contributed by atoms with Crippen LogP contribution < -0.4 is 10.1 Å². The average molecular weight is 513 g/mol. The van der Waals surface area contributed by atoms with Gasteiger partial charge in [-0.25, -0.2) is 9.79 Å². The predicted molar refractivity (Wildman–Crippen MR) is 136 cm³/mol. The van der Waals surface area contributed by atoms with Gasteiger partial charge in [0, 0.05) is 15.6 Å². The molecule has 0 bridgehead atoms. The number of carbonyl (C=O) groups is 2. The number of amides is 1. The first-order valence-corrected chi connectivity index (χ1v) is 11.6. The van der Waals surface area contributed by atoms with Crippen molar-refractivity contribution in [2.45, 2.75) is 6.61 Å². The molecule has 3 aromatic carbocycles. The number of halogens is 2. The summed E-state index contributed by atoms with van der Waals surface area (Å²) in [5.41, 5.74) is 2.59. The number of nitrogens with zero attached hydrogens (tertiary/aromatic N) is 1. The maximum absolute atomic E-state index is 12.5. The molecule has 6 nitrogen and oxygen atoms in total. The largest absolute Gasteiger partial charge is 0.488 e. The fraction of sp³-hybridized carbons (Fsp3) is 0.0800. The van der Waals surface area contributed by atoms with Crippen LogP contribution in [0.15, 0.2) is 76.6 Å². The highest BCUT2D eigenvalue weighted by atomic mass is 35.5. The molecule has 1 N–H and O–H groups in total. The standard InChI is InChI=1S/C25H18Cl2N2O4S/c1-32-24(31)16-5-8-20(9-6-16)28-25-29-23(30)22(34-25)13-17-12-19(27)7-10-21(17)33-14-15-3-2-4-18(26)11-15/h2-13H,14H2,1H3,(H,28,29,30)/b22-13-. The molecule has 172 valence electrons. The van der Waals surface area contributed by atoms with Gasteiger partial charge in [0.1, 0.15) is 12.4 Å². The summed E-state index contributed by atoms with van der Waals surface area (Å²) in [5, 5.41) is 4.32. The number of esters is 1. The molecule has 0 unspecified atom stereocenters. The van der Waals surface area contributed by atoms with E-state index in [1.807, 2.05) is 18.2 Å². The van der Waals surface area contributed by atoms with E-state index in [0.29, 0.717) is 49.3 Å². The average Bonchev–Trinajstić information content (AvgIpc) is 3.17. The molecule has 0 saturated carbocycles. The second kappa shape index (κ2) is 10.8. The molecule has 1 fully saturated rings. The Balaban J connectivity index is 1.52. The molecule has 0 spiro atoms. The molecule has 0 atom stereocenters. The van der Waals surface area contributed by atoms with Crippen LogP contribution in [0.4, 0.5) is 5.69 Å². The highest BCUT2D eigenvalue weighted by Crippen LogP contribution is 2.32. The number of methoxy groups -OCH3 is 1. The first kappa shape index (κ1) is 23.9. The highest BCUT2D eigenvalue weighted by Gasteiger charge is 2.24. The molecule has 9 heteroatoms. The Kier molecular flexibility index (Phi) is 7.57. The lowest BCUT2D eigenvalue weighted by molar-refractivity contribution is -0.115. The third kappa shape index (κ3) is 5.99. The van der Waals surface area contributed by atoms with Gasteiger partial charge in [-0.05, 0) is 78.0 Å². The number of nitrogens with one attached hydrogen (secondary N) is 1. The topological polar surface area (TPSA) is 77.0 Å². The third-order valence-corrected chi connectivity index (χ3v) is 6.09. The molecule has 1 saturated heterocycles. The zero-order chi connectivity index (χ0) is 24.1. The molecule has 0 radical (unpaired) electrons. The summed E-state index contributed by atoms with van der Waals surface area (Å²) in [4.78, 5) is 29.0. The van der Waals surface area contributed by atoms with Gasteiger partial charge in [0.15, 0.2) is 5.17 Å². The SMILES string of the molecule is COC(=O)c1ccc(N=C2NC(=O)/C(=C/c3cc(Cl)ccc3OCc3cccc(Cl)c3)S2)cc1. The summed E-state index contributed by atoms with van der Waals surface area (Å²) in [7, 11) is 1.32. The number of rotatable bonds is 6. The summed E-state index contributed by atoms with van der Waals surface area (Å²) in [6.07, 6.45) is 1.71. The number of carbonyl (C=O) groups excluding carboxylic acids is 2.